The van der Waals surface area contributed by atoms with Crippen molar-refractivity contribution in [2.45, 2.75) is 31.8 Å². The van der Waals surface area contributed by atoms with Crippen molar-refractivity contribution in [3.05, 3.63) is 69.2 Å². The summed E-state index contributed by atoms with van der Waals surface area (Å²) in [6.45, 7) is 0.898. The van der Waals surface area contributed by atoms with Crippen molar-refractivity contribution in [1.29, 1.82) is 0 Å². The van der Waals surface area contributed by atoms with Crippen molar-refractivity contribution in [3.63, 3.8) is 0 Å². The van der Waals surface area contributed by atoms with Crippen molar-refractivity contribution < 1.29 is 4.79 Å². The van der Waals surface area contributed by atoms with E-state index in [9.17, 15) is 4.79 Å². The van der Waals surface area contributed by atoms with Crippen LogP contribution in [0, 0.1) is 0 Å². The predicted octanol–water partition coefficient (Wildman–Crippen LogP) is 4.62. The van der Waals surface area contributed by atoms with Gasteiger partial charge in [0.2, 0.25) is 5.91 Å². The zero-order valence-electron chi connectivity index (χ0n) is 14.3. The average Bonchev–Trinajstić information content (AvgIpc) is 2.59. The van der Waals surface area contributed by atoms with Crippen molar-refractivity contribution in [1.82, 2.24) is 10.2 Å². The van der Waals surface area contributed by atoms with E-state index in [0.29, 0.717) is 23.1 Å². The molecule has 1 aliphatic carbocycles. The van der Waals surface area contributed by atoms with Gasteiger partial charge in [0, 0.05) is 6.54 Å². The van der Waals surface area contributed by atoms with Gasteiger partial charge in [-0.15, -0.1) is 0 Å². The number of benzene rings is 2. The van der Waals surface area contributed by atoms with Crippen LogP contribution in [-0.4, -0.2) is 24.4 Å². The molecule has 0 aliphatic heterocycles. The molecule has 2 aromatic rings. The number of hydrogen-bond acceptors (Lipinski definition) is 2. The Kier molecular flexibility index (Phi) is 6.00. The number of carbonyl (C=O) groups excluding carboxylic acids is 1. The summed E-state index contributed by atoms with van der Waals surface area (Å²) in [4.78, 5) is 14.4. The maximum Gasteiger partial charge on any atom is 0.234 e. The Balaban J connectivity index is 1.59. The van der Waals surface area contributed by atoms with Crippen LogP contribution < -0.4 is 5.32 Å². The van der Waals surface area contributed by atoms with Gasteiger partial charge in [0.05, 0.1) is 22.6 Å². The third-order valence-corrected chi connectivity index (χ3v) is 5.45. The highest BCUT2D eigenvalue weighted by Crippen LogP contribution is 2.29. The van der Waals surface area contributed by atoms with Gasteiger partial charge in [-0.3, -0.25) is 9.69 Å². The minimum atomic E-state index is 0.0300. The fraction of sp³-hybridized carbons (Fsp3) is 0.350. The molecule has 3 rings (SSSR count). The van der Waals surface area contributed by atoms with E-state index in [2.05, 4.69) is 23.5 Å². The number of fused-ring (bicyclic) bond motifs is 1. The molecule has 0 aromatic heterocycles. The first-order chi connectivity index (χ1) is 12.0. The van der Waals surface area contributed by atoms with Gasteiger partial charge in [-0.2, -0.15) is 0 Å². The minimum absolute atomic E-state index is 0.0300. The summed E-state index contributed by atoms with van der Waals surface area (Å²) in [5.74, 6) is 0.0300. The molecule has 0 fully saturated rings. The number of aryl methyl sites for hydroxylation is 1. The molecule has 0 unspecified atom stereocenters. The lowest BCUT2D eigenvalue weighted by atomic mass is 9.88. The van der Waals surface area contributed by atoms with Gasteiger partial charge >= 0.3 is 0 Å². The van der Waals surface area contributed by atoms with E-state index in [1.165, 1.54) is 11.1 Å². The van der Waals surface area contributed by atoms with Crippen molar-refractivity contribution in [2.24, 2.45) is 0 Å². The number of nitrogens with zero attached hydrogens (tertiary/aromatic N) is 1. The van der Waals surface area contributed by atoms with Crippen LogP contribution >= 0.6 is 23.2 Å². The van der Waals surface area contributed by atoms with E-state index in [0.717, 1.165) is 24.8 Å². The smallest absolute Gasteiger partial charge is 0.234 e. The minimum Gasteiger partial charge on any atom is -0.348 e. The monoisotopic (exact) mass is 376 g/mol. The van der Waals surface area contributed by atoms with Gasteiger partial charge < -0.3 is 5.32 Å². The Morgan fingerprint density at radius 2 is 2.00 bits per heavy atom. The number of rotatable bonds is 5. The highest BCUT2D eigenvalue weighted by Gasteiger charge is 2.21. The summed E-state index contributed by atoms with van der Waals surface area (Å²) in [7, 11) is 1.91. The van der Waals surface area contributed by atoms with E-state index in [-0.39, 0.29) is 11.9 Å². The quantitative estimate of drug-likeness (QED) is 0.825. The third-order valence-electron chi connectivity index (χ3n) is 4.59. The van der Waals surface area contributed by atoms with Crippen LogP contribution in [0.1, 0.15) is 35.6 Å². The number of carbonyl (C=O) groups is 1. The van der Waals surface area contributed by atoms with Gasteiger partial charge in [0.25, 0.3) is 0 Å². The lowest BCUT2D eigenvalue weighted by molar-refractivity contribution is -0.122. The van der Waals surface area contributed by atoms with Gasteiger partial charge in [-0.05, 0) is 49.1 Å². The van der Waals surface area contributed by atoms with Crippen molar-refractivity contribution >= 4 is 29.1 Å². The summed E-state index contributed by atoms with van der Waals surface area (Å²) in [6.07, 6.45) is 3.19. The molecule has 0 saturated carbocycles. The van der Waals surface area contributed by atoms with Crippen LogP contribution in [0.25, 0.3) is 0 Å². The molecule has 0 saturated heterocycles. The van der Waals surface area contributed by atoms with E-state index in [1.807, 2.05) is 30.1 Å². The molecule has 3 nitrogen and oxygen atoms in total. The van der Waals surface area contributed by atoms with Crippen LogP contribution in [0.4, 0.5) is 0 Å². The fourth-order valence-corrected chi connectivity index (χ4v) is 3.79. The second kappa shape index (κ2) is 8.22. The first-order valence-electron chi connectivity index (χ1n) is 8.53. The normalized spacial score (nSPS) is 16.6. The van der Waals surface area contributed by atoms with E-state index < -0.39 is 0 Å². The molecule has 25 heavy (non-hydrogen) atoms. The highest BCUT2D eigenvalue weighted by atomic mass is 35.5. The molecule has 1 N–H and O–H groups in total. The summed E-state index contributed by atoms with van der Waals surface area (Å²) in [5, 5.41) is 4.27. The van der Waals surface area contributed by atoms with Gasteiger partial charge in [-0.1, -0.05) is 59.6 Å². The second-order valence-corrected chi connectivity index (χ2v) is 7.38. The maximum atomic E-state index is 12.5. The maximum absolute atomic E-state index is 12.5. The average molecular weight is 377 g/mol. The largest absolute Gasteiger partial charge is 0.348 e. The van der Waals surface area contributed by atoms with E-state index in [4.69, 9.17) is 23.2 Å². The second-order valence-electron chi connectivity index (χ2n) is 6.60. The van der Waals surface area contributed by atoms with E-state index in [1.54, 1.807) is 6.07 Å². The molecular formula is C20H22Cl2N2O. The SMILES string of the molecule is CN(CC(=O)N[C@@H]1CCCc2ccccc21)Cc1cccc(Cl)c1Cl. The number of hydrogen-bond donors (Lipinski definition) is 1. The summed E-state index contributed by atoms with van der Waals surface area (Å²) < 4.78 is 0. The Bertz CT molecular complexity index is 763. The topological polar surface area (TPSA) is 32.3 Å². The molecule has 0 radical (unpaired) electrons. The first-order valence-corrected chi connectivity index (χ1v) is 9.29. The number of nitrogens with one attached hydrogen (secondary N) is 1. The molecule has 0 heterocycles. The van der Waals surface area contributed by atoms with Crippen LogP contribution in [0.3, 0.4) is 0 Å². The lowest BCUT2D eigenvalue weighted by Crippen LogP contribution is -2.38. The zero-order valence-corrected chi connectivity index (χ0v) is 15.8. The standard InChI is InChI=1S/C20H22Cl2N2O/c1-24(12-15-8-4-10-17(21)20(15)22)13-19(25)23-18-11-5-7-14-6-2-3-9-16(14)18/h2-4,6,8-10,18H,5,7,11-13H2,1H3,(H,23,25)/t18-/m1/s1. The van der Waals surface area contributed by atoms with Crippen molar-refractivity contribution in [3.8, 4) is 0 Å². The van der Waals surface area contributed by atoms with Crippen LogP contribution in [0.15, 0.2) is 42.5 Å². The van der Waals surface area contributed by atoms with Crippen LogP contribution in [0.5, 0.6) is 0 Å². The molecule has 5 heteroatoms. The first kappa shape index (κ1) is 18.2. The number of halogens is 2. The van der Waals surface area contributed by atoms with Crippen LogP contribution in [-0.2, 0) is 17.8 Å². The van der Waals surface area contributed by atoms with Crippen molar-refractivity contribution in [2.75, 3.05) is 13.6 Å². The Hall–Kier alpha value is -1.55. The summed E-state index contributed by atoms with van der Waals surface area (Å²) >= 11 is 12.3. The molecule has 2 aromatic carbocycles. The molecule has 132 valence electrons. The summed E-state index contributed by atoms with van der Waals surface area (Å²) in [5.41, 5.74) is 3.52. The Morgan fingerprint density at radius 3 is 2.84 bits per heavy atom. The molecule has 1 aliphatic rings. The number of likely N-dealkylation sites (N-methyl/N-ethyl adjacent to an activating group) is 1. The molecule has 0 spiro atoms. The van der Waals surface area contributed by atoms with E-state index >= 15 is 0 Å². The Morgan fingerprint density at radius 1 is 1.20 bits per heavy atom. The predicted molar refractivity (Wildman–Crippen MR) is 103 cm³/mol. The van der Waals surface area contributed by atoms with Gasteiger partial charge in [-0.25, -0.2) is 0 Å². The van der Waals surface area contributed by atoms with Crippen LogP contribution in [0.2, 0.25) is 10.0 Å². The Labute approximate surface area is 158 Å². The molecule has 1 amide bonds. The molecule has 0 bridgehead atoms. The third kappa shape index (κ3) is 4.55. The van der Waals surface area contributed by atoms with Gasteiger partial charge in [0.15, 0.2) is 0 Å². The summed E-state index contributed by atoms with van der Waals surface area (Å²) in [6, 6.07) is 14.1. The number of amides is 1. The zero-order chi connectivity index (χ0) is 17.8. The molecule has 1 atom stereocenters. The highest BCUT2D eigenvalue weighted by molar-refractivity contribution is 6.42. The lowest BCUT2D eigenvalue weighted by Gasteiger charge is -2.27. The molecular weight excluding hydrogens is 355 g/mol. The van der Waals surface area contributed by atoms with Gasteiger partial charge in [0.1, 0.15) is 0 Å². The fourth-order valence-electron chi connectivity index (χ4n) is 3.41.